The zero-order chi connectivity index (χ0) is 37.7. The normalized spacial score (nSPS) is 14.3. The lowest BCUT2D eigenvalue weighted by atomic mass is 9.98. The first-order valence-corrected chi connectivity index (χ1v) is 19.0. The molecule has 53 heavy (non-hydrogen) atoms. The zero-order valence-electron chi connectivity index (χ0n) is 30.7. The van der Waals surface area contributed by atoms with E-state index < -0.39 is 41.0 Å². The van der Waals surface area contributed by atoms with Crippen LogP contribution in [0.1, 0.15) is 75.1 Å². The Labute approximate surface area is 315 Å². The van der Waals surface area contributed by atoms with E-state index in [1.165, 1.54) is 0 Å². The van der Waals surface area contributed by atoms with Gasteiger partial charge in [-0.2, -0.15) is 0 Å². The molecular formula is C43H46N2O7S. The molecule has 2 aliphatic carbocycles. The number of alkyl carbamates (subject to hydrolysis) is 1. The van der Waals surface area contributed by atoms with E-state index in [0.717, 1.165) is 56.3 Å². The van der Waals surface area contributed by atoms with E-state index in [4.69, 9.17) is 14.2 Å². The first-order valence-electron chi connectivity index (χ1n) is 18.0. The summed E-state index contributed by atoms with van der Waals surface area (Å²) >= 11 is 0.777. The molecule has 276 valence electrons. The maximum atomic E-state index is 13.8. The molecule has 0 saturated heterocycles. The smallest absolute Gasteiger partial charge is 0.407 e. The number of thioether (sulfide) groups is 1. The van der Waals surface area contributed by atoms with Crippen molar-refractivity contribution in [1.29, 1.82) is 0 Å². The first-order chi connectivity index (χ1) is 25.4. The molecular weight excluding hydrogens is 689 g/mol. The molecule has 4 aromatic carbocycles. The van der Waals surface area contributed by atoms with E-state index in [2.05, 4.69) is 22.8 Å². The van der Waals surface area contributed by atoms with Gasteiger partial charge in [-0.15, -0.1) is 0 Å². The second kappa shape index (κ2) is 16.3. The Bertz CT molecular complexity index is 1900. The van der Waals surface area contributed by atoms with Crippen LogP contribution in [0.3, 0.4) is 0 Å². The SMILES string of the molecule is CC(C)C[C@H](NC(=O)[C@H](CSC(=O)OCC1c2ccccc2-c2ccccc21)NC(=O)OCC1c2ccccc2-c2ccccc21)C(=O)OC(C)(C)C. The lowest BCUT2D eigenvalue weighted by Crippen LogP contribution is -2.54. The molecule has 6 rings (SSSR count). The summed E-state index contributed by atoms with van der Waals surface area (Å²) in [5.74, 6) is -1.64. The van der Waals surface area contributed by atoms with E-state index in [1.54, 1.807) is 20.8 Å². The highest BCUT2D eigenvalue weighted by Crippen LogP contribution is 2.45. The van der Waals surface area contributed by atoms with Crippen molar-refractivity contribution >= 4 is 35.0 Å². The number of nitrogens with one attached hydrogen (secondary N) is 2. The summed E-state index contributed by atoms with van der Waals surface area (Å²) in [5, 5.41) is 4.84. The van der Waals surface area contributed by atoms with E-state index >= 15 is 0 Å². The molecule has 0 heterocycles. The minimum Gasteiger partial charge on any atom is -0.458 e. The lowest BCUT2D eigenvalue weighted by molar-refractivity contribution is -0.159. The molecule has 2 amide bonds. The number of hydrogen-bond acceptors (Lipinski definition) is 8. The second-order valence-electron chi connectivity index (χ2n) is 14.8. The summed E-state index contributed by atoms with van der Waals surface area (Å²) in [6, 6.07) is 29.9. The van der Waals surface area contributed by atoms with Crippen LogP contribution in [-0.2, 0) is 23.8 Å². The van der Waals surface area contributed by atoms with Crippen LogP contribution in [0.5, 0.6) is 0 Å². The molecule has 0 aromatic heterocycles. The Hall–Kier alpha value is -5.09. The van der Waals surface area contributed by atoms with Crippen molar-refractivity contribution in [3.63, 3.8) is 0 Å². The van der Waals surface area contributed by atoms with Crippen molar-refractivity contribution in [2.45, 2.75) is 70.6 Å². The lowest BCUT2D eigenvalue weighted by Gasteiger charge is -2.27. The Balaban J connectivity index is 1.14. The third kappa shape index (κ3) is 8.93. The Morgan fingerprint density at radius 3 is 1.51 bits per heavy atom. The van der Waals surface area contributed by atoms with Crippen LogP contribution in [0.25, 0.3) is 22.3 Å². The van der Waals surface area contributed by atoms with Crippen LogP contribution in [0, 0.1) is 5.92 Å². The third-order valence-corrected chi connectivity index (χ3v) is 10.2. The van der Waals surface area contributed by atoms with E-state index in [-0.39, 0.29) is 36.7 Å². The van der Waals surface area contributed by atoms with Gasteiger partial charge < -0.3 is 24.8 Å². The van der Waals surface area contributed by atoms with E-state index in [9.17, 15) is 19.2 Å². The number of ether oxygens (including phenoxy) is 3. The van der Waals surface area contributed by atoms with E-state index in [0.29, 0.717) is 6.42 Å². The molecule has 10 heteroatoms. The fourth-order valence-corrected chi connectivity index (χ4v) is 7.77. The molecule has 2 N–H and O–H groups in total. The van der Waals surface area contributed by atoms with Gasteiger partial charge in [-0.1, -0.05) is 111 Å². The summed E-state index contributed by atoms with van der Waals surface area (Å²) in [5.41, 5.74) is 7.91. The maximum Gasteiger partial charge on any atom is 0.407 e. The fourth-order valence-electron chi connectivity index (χ4n) is 7.08. The number of carbonyl (C=O) groups excluding carboxylic acids is 4. The average molecular weight is 735 g/mol. The van der Waals surface area contributed by atoms with Crippen molar-refractivity contribution in [3.8, 4) is 22.3 Å². The molecule has 0 spiro atoms. The number of amides is 2. The van der Waals surface area contributed by atoms with Gasteiger partial charge in [-0.3, -0.25) is 4.79 Å². The number of hydrogen-bond donors (Lipinski definition) is 2. The Morgan fingerprint density at radius 1 is 0.642 bits per heavy atom. The third-order valence-electron chi connectivity index (χ3n) is 9.37. The van der Waals surface area contributed by atoms with Crippen molar-refractivity contribution in [1.82, 2.24) is 10.6 Å². The van der Waals surface area contributed by atoms with Crippen LogP contribution >= 0.6 is 11.8 Å². The fraction of sp³-hybridized carbons (Fsp3) is 0.349. The number of fused-ring (bicyclic) bond motifs is 6. The largest absolute Gasteiger partial charge is 0.458 e. The Kier molecular flexibility index (Phi) is 11.6. The van der Waals surface area contributed by atoms with Crippen molar-refractivity contribution in [2.24, 2.45) is 5.92 Å². The highest BCUT2D eigenvalue weighted by Gasteiger charge is 2.34. The average Bonchev–Trinajstić information content (AvgIpc) is 3.62. The first kappa shape index (κ1) is 37.7. The predicted octanol–water partition coefficient (Wildman–Crippen LogP) is 8.45. The van der Waals surface area contributed by atoms with Gasteiger partial charge in [0.1, 0.15) is 30.9 Å². The summed E-state index contributed by atoms with van der Waals surface area (Å²) in [7, 11) is 0. The van der Waals surface area contributed by atoms with Gasteiger partial charge in [-0.25, -0.2) is 14.4 Å². The molecule has 0 fully saturated rings. The van der Waals surface area contributed by atoms with Crippen LogP contribution in [-0.4, -0.2) is 59.9 Å². The molecule has 0 radical (unpaired) electrons. The van der Waals surface area contributed by atoms with Gasteiger partial charge in [0.25, 0.3) is 0 Å². The molecule has 0 aliphatic heterocycles. The van der Waals surface area contributed by atoms with Gasteiger partial charge in [0.15, 0.2) is 0 Å². The minimum absolute atomic E-state index is 0.0433. The number of rotatable bonds is 12. The Morgan fingerprint density at radius 2 is 1.08 bits per heavy atom. The van der Waals surface area contributed by atoms with Gasteiger partial charge in [0, 0.05) is 17.6 Å². The van der Waals surface area contributed by atoms with Gasteiger partial charge in [0.2, 0.25) is 5.91 Å². The summed E-state index contributed by atoms with van der Waals surface area (Å²) < 4.78 is 17.1. The topological polar surface area (TPSA) is 120 Å². The highest BCUT2D eigenvalue weighted by molar-refractivity contribution is 8.13. The molecule has 0 unspecified atom stereocenters. The van der Waals surface area contributed by atoms with Crippen molar-refractivity contribution < 1.29 is 33.4 Å². The van der Waals surface area contributed by atoms with Crippen LogP contribution in [0.2, 0.25) is 0 Å². The second-order valence-corrected chi connectivity index (χ2v) is 15.8. The zero-order valence-corrected chi connectivity index (χ0v) is 31.5. The summed E-state index contributed by atoms with van der Waals surface area (Å²) in [4.78, 5) is 53.5. The van der Waals surface area contributed by atoms with Gasteiger partial charge in [-0.05, 0) is 89.4 Å². The number of benzene rings is 4. The van der Waals surface area contributed by atoms with Crippen molar-refractivity contribution in [2.75, 3.05) is 19.0 Å². The molecule has 2 aliphatic rings. The molecule has 4 aromatic rings. The summed E-state index contributed by atoms with van der Waals surface area (Å²) in [6.45, 7) is 9.29. The van der Waals surface area contributed by atoms with Gasteiger partial charge in [0.05, 0.1) is 0 Å². The quantitative estimate of drug-likeness (QED) is 0.110. The molecule has 2 atom stereocenters. The molecule has 9 nitrogen and oxygen atoms in total. The monoisotopic (exact) mass is 734 g/mol. The van der Waals surface area contributed by atoms with Crippen molar-refractivity contribution in [3.05, 3.63) is 119 Å². The molecule has 0 bridgehead atoms. The minimum atomic E-state index is -1.23. The predicted molar refractivity (Wildman–Crippen MR) is 207 cm³/mol. The standard InChI is InChI=1S/C43H46N2O7S/c1-26(2)22-37(40(47)52-43(3,4)5)44-39(46)38(45-41(48)50-23-35-31-18-10-6-14-27(31)28-15-7-11-19-32(28)35)25-53-42(49)51-24-36-33-20-12-8-16-29(33)30-17-9-13-21-34(30)36/h6-21,26,35-38H,22-25H2,1-5H3,(H,44,46)(H,45,48)/t37-,38-/m0/s1. The van der Waals surface area contributed by atoms with E-state index in [1.807, 2.05) is 98.8 Å². The van der Waals surface area contributed by atoms with Crippen LogP contribution < -0.4 is 10.6 Å². The maximum absolute atomic E-state index is 13.8. The number of esters is 1. The highest BCUT2D eigenvalue weighted by atomic mass is 32.2. The molecule has 0 saturated carbocycles. The van der Waals surface area contributed by atoms with Crippen LogP contribution in [0.4, 0.5) is 9.59 Å². The van der Waals surface area contributed by atoms with Gasteiger partial charge >= 0.3 is 17.4 Å². The number of carbonyl (C=O) groups is 4. The van der Waals surface area contributed by atoms with Crippen LogP contribution in [0.15, 0.2) is 97.1 Å². The summed E-state index contributed by atoms with van der Waals surface area (Å²) in [6.07, 6.45) is -0.504.